The molecule has 136 valence electrons. The molecule has 1 aliphatic rings. The number of aromatic amines is 1. The standard InChI is InChI=1S/C16H11F4N3O3/c17-10-3-1-2-8(4-10)11-6-13(26-23-11)15(25)22-12-5-9(16(18,19)20)7-21-14(12)24/h1-5,7,13H,6H2,(H,21,24)(H,22,25)/t13-/m1/s1. The molecular weight excluding hydrogens is 358 g/mol. The Bertz CT molecular complexity index is 937. The number of nitrogens with zero attached hydrogens (tertiary/aromatic N) is 1. The quantitative estimate of drug-likeness (QED) is 0.816. The Morgan fingerprint density at radius 2 is 2.08 bits per heavy atom. The third-order valence-corrected chi connectivity index (χ3v) is 3.61. The molecule has 0 unspecified atom stereocenters. The molecular formula is C16H11F4N3O3. The number of oxime groups is 1. The summed E-state index contributed by atoms with van der Waals surface area (Å²) in [6.45, 7) is 0. The summed E-state index contributed by atoms with van der Waals surface area (Å²) in [6, 6.07) is 6.01. The van der Waals surface area contributed by atoms with Crippen LogP contribution >= 0.6 is 0 Å². The summed E-state index contributed by atoms with van der Waals surface area (Å²) in [5.41, 5.74) is -1.85. The Morgan fingerprint density at radius 1 is 1.31 bits per heavy atom. The molecule has 2 N–H and O–H groups in total. The Kier molecular flexibility index (Phi) is 4.49. The van der Waals surface area contributed by atoms with Crippen LogP contribution in [0.1, 0.15) is 17.5 Å². The van der Waals surface area contributed by atoms with Crippen molar-refractivity contribution in [3.05, 3.63) is 63.8 Å². The fourth-order valence-corrected chi connectivity index (χ4v) is 2.31. The van der Waals surface area contributed by atoms with E-state index < -0.39 is 40.8 Å². The van der Waals surface area contributed by atoms with Crippen LogP contribution in [-0.4, -0.2) is 22.7 Å². The van der Waals surface area contributed by atoms with Crippen LogP contribution < -0.4 is 10.9 Å². The molecule has 3 rings (SSSR count). The first kappa shape index (κ1) is 17.6. The number of nitrogens with one attached hydrogen (secondary N) is 2. The average molecular weight is 369 g/mol. The van der Waals surface area contributed by atoms with Gasteiger partial charge < -0.3 is 15.1 Å². The van der Waals surface area contributed by atoms with Crippen molar-refractivity contribution in [2.45, 2.75) is 18.7 Å². The zero-order chi connectivity index (χ0) is 18.9. The highest BCUT2D eigenvalue weighted by Gasteiger charge is 2.33. The lowest BCUT2D eigenvalue weighted by molar-refractivity contribution is -0.137. The Labute approximate surface area is 143 Å². The average Bonchev–Trinajstić information content (AvgIpc) is 3.06. The fourth-order valence-electron chi connectivity index (χ4n) is 2.31. The summed E-state index contributed by atoms with van der Waals surface area (Å²) in [7, 11) is 0. The number of pyridine rings is 1. The maximum atomic E-state index is 13.2. The van der Waals surface area contributed by atoms with E-state index in [2.05, 4.69) is 10.5 Å². The molecule has 0 aliphatic carbocycles. The van der Waals surface area contributed by atoms with Gasteiger partial charge in [-0.25, -0.2) is 4.39 Å². The zero-order valence-electron chi connectivity index (χ0n) is 12.9. The summed E-state index contributed by atoms with van der Waals surface area (Å²) in [4.78, 5) is 30.6. The molecule has 2 heterocycles. The largest absolute Gasteiger partial charge is 0.417 e. The lowest BCUT2D eigenvalue weighted by Gasteiger charge is -2.11. The summed E-state index contributed by atoms with van der Waals surface area (Å²) in [5, 5.41) is 5.79. The van der Waals surface area contributed by atoms with Gasteiger partial charge in [-0.15, -0.1) is 0 Å². The number of amides is 1. The van der Waals surface area contributed by atoms with Crippen molar-refractivity contribution in [1.82, 2.24) is 4.98 Å². The molecule has 6 nitrogen and oxygen atoms in total. The molecule has 1 atom stereocenters. The van der Waals surface area contributed by atoms with Crippen molar-refractivity contribution < 1.29 is 27.2 Å². The van der Waals surface area contributed by atoms with Gasteiger partial charge in [0.1, 0.15) is 11.5 Å². The molecule has 1 aromatic carbocycles. The third kappa shape index (κ3) is 3.73. The molecule has 0 radical (unpaired) electrons. The van der Waals surface area contributed by atoms with E-state index in [0.29, 0.717) is 23.5 Å². The van der Waals surface area contributed by atoms with Crippen molar-refractivity contribution >= 4 is 17.3 Å². The maximum Gasteiger partial charge on any atom is 0.417 e. The molecule has 1 aromatic heterocycles. The van der Waals surface area contributed by atoms with E-state index in [4.69, 9.17) is 4.84 Å². The second-order valence-corrected chi connectivity index (χ2v) is 5.46. The number of anilines is 1. The van der Waals surface area contributed by atoms with Crippen LogP contribution in [-0.2, 0) is 15.8 Å². The number of carbonyl (C=O) groups excluding carboxylic acids is 1. The van der Waals surface area contributed by atoms with Gasteiger partial charge in [0.05, 0.1) is 11.3 Å². The summed E-state index contributed by atoms with van der Waals surface area (Å²) in [5.74, 6) is -1.33. The van der Waals surface area contributed by atoms with Crippen LogP contribution in [0.25, 0.3) is 0 Å². The van der Waals surface area contributed by atoms with Gasteiger partial charge >= 0.3 is 6.18 Å². The van der Waals surface area contributed by atoms with Crippen molar-refractivity contribution in [3.63, 3.8) is 0 Å². The van der Waals surface area contributed by atoms with Gasteiger partial charge in [-0.2, -0.15) is 13.2 Å². The molecule has 0 spiro atoms. The Morgan fingerprint density at radius 3 is 2.77 bits per heavy atom. The SMILES string of the molecule is O=C(Nc1cc(C(F)(F)F)c[nH]c1=O)[C@H]1CC(c2cccc(F)c2)=NO1. The fraction of sp³-hybridized carbons (Fsp3) is 0.188. The number of alkyl halides is 3. The van der Waals surface area contributed by atoms with Crippen LogP contribution in [0.3, 0.4) is 0 Å². The molecule has 0 saturated heterocycles. The number of H-pyrrole nitrogens is 1. The van der Waals surface area contributed by atoms with Crippen molar-refractivity contribution in [1.29, 1.82) is 0 Å². The monoisotopic (exact) mass is 369 g/mol. The van der Waals surface area contributed by atoms with Crippen molar-refractivity contribution in [2.75, 3.05) is 5.32 Å². The summed E-state index contributed by atoms with van der Waals surface area (Å²) >= 11 is 0. The predicted molar refractivity (Wildman–Crippen MR) is 83.1 cm³/mol. The highest BCUT2D eigenvalue weighted by molar-refractivity contribution is 6.06. The van der Waals surface area contributed by atoms with Gasteiger partial charge in [-0.1, -0.05) is 17.3 Å². The van der Waals surface area contributed by atoms with E-state index in [9.17, 15) is 27.2 Å². The number of halogens is 4. The van der Waals surface area contributed by atoms with E-state index in [-0.39, 0.29) is 6.42 Å². The molecule has 0 saturated carbocycles. The number of benzene rings is 1. The molecule has 26 heavy (non-hydrogen) atoms. The van der Waals surface area contributed by atoms with Crippen molar-refractivity contribution in [2.24, 2.45) is 5.16 Å². The van der Waals surface area contributed by atoms with E-state index in [1.807, 2.05) is 4.98 Å². The molecule has 1 amide bonds. The minimum atomic E-state index is -4.68. The van der Waals surface area contributed by atoms with Crippen LogP contribution in [0.5, 0.6) is 0 Å². The number of rotatable bonds is 3. The van der Waals surface area contributed by atoms with E-state index in [1.54, 1.807) is 6.07 Å². The first-order chi connectivity index (χ1) is 12.2. The lowest BCUT2D eigenvalue weighted by Crippen LogP contribution is -2.31. The van der Waals surface area contributed by atoms with Gasteiger partial charge in [0, 0.05) is 18.2 Å². The summed E-state index contributed by atoms with van der Waals surface area (Å²) in [6.07, 6.45) is -5.34. The van der Waals surface area contributed by atoms with Gasteiger partial charge in [-0.3, -0.25) is 9.59 Å². The van der Waals surface area contributed by atoms with Crippen LogP contribution in [0.2, 0.25) is 0 Å². The Balaban J connectivity index is 1.72. The molecule has 0 fully saturated rings. The van der Waals surface area contributed by atoms with Crippen molar-refractivity contribution in [3.8, 4) is 0 Å². The van der Waals surface area contributed by atoms with Crippen LogP contribution in [0, 0.1) is 5.82 Å². The smallest absolute Gasteiger partial charge is 0.382 e. The Hall–Kier alpha value is -3.17. The first-order valence-corrected chi connectivity index (χ1v) is 7.33. The van der Waals surface area contributed by atoms with Crippen LogP contribution in [0.4, 0.5) is 23.2 Å². The number of hydrogen-bond acceptors (Lipinski definition) is 4. The third-order valence-electron chi connectivity index (χ3n) is 3.61. The van der Waals surface area contributed by atoms with E-state index >= 15 is 0 Å². The highest BCUT2D eigenvalue weighted by atomic mass is 19.4. The van der Waals surface area contributed by atoms with E-state index in [1.165, 1.54) is 18.2 Å². The lowest BCUT2D eigenvalue weighted by atomic mass is 10.0. The number of hydrogen-bond donors (Lipinski definition) is 2. The van der Waals surface area contributed by atoms with E-state index in [0.717, 1.165) is 0 Å². The number of carbonyl (C=O) groups is 1. The molecule has 0 bridgehead atoms. The molecule has 10 heteroatoms. The van der Waals surface area contributed by atoms with Crippen LogP contribution in [0.15, 0.2) is 46.5 Å². The second kappa shape index (κ2) is 6.62. The van der Waals surface area contributed by atoms with Gasteiger partial charge in [-0.05, 0) is 18.2 Å². The second-order valence-electron chi connectivity index (χ2n) is 5.46. The first-order valence-electron chi connectivity index (χ1n) is 7.33. The predicted octanol–water partition coefficient (Wildman–Crippen LogP) is 2.66. The highest BCUT2D eigenvalue weighted by Crippen LogP contribution is 2.29. The number of aromatic nitrogens is 1. The minimum absolute atomic E-state index is 0.0217. The summed E-state index contributed by atoms with van der Waals surface area (Å²) < 4.78 is 51.3. The minimum Gasteiger partial charge on any atom is -0.382 e. The maximum absolute atomic E-state index is 13.2. The molecule has 1 aliphatic heterocycles. The molecule has 2 aromatic rings. The van der Waals surface area contributed by atoms with Gasteiger partial charge in [0.15, 0.2) is 0 Å². The van der Waals surface area contributed by atoms with Gasteiger partial charge in [0.2, 0.25) is 6.10 Å². The van der Waals surface area contributed by atoms with Gasteiger partial charge in [0.25, 0.3) is 11.5 Å². The zero-order valence-corrected chi connectivity index (χ0v) is 12.9. The normalized spacial score (nSPS) is 16.8. The topological polar surface area (TPSA) is 83.5 Å².